The normalized spacial score (nSPS) is 16.8. The Morgan fingerprint density at radius 2 is 1.90 bits per heavy atom. The van der Waals surface area contributed by atoms with Gasteiger partial charge in [-0.2, -0.15) is 5.10 Å². The van der Waals surface area contributed by atoms with Crippen LogP contribution in [0.25, 0.3) is 22.0 Å². The molecular formula is C24H26N6. The van der Waals surface area contributed by atoms with Crippen LogP contribution >= 0.6 is 0 Å². The van der Waals surface area contributed by atoms with Gasteiger partial charge in [0.15, 0.2) is 0 Å². The van der Waals surface area contributed by atoms with Crippen molar-refractivity contribution >= 4 is 16.7 Å². The van der Waals surface area contributed by atoms with Crippen molar-refractivity contribution in [3.05, 3.63) is 72.7 Å². The first kappa shape index (κ1) is 18.8. The topological polar surface area (TPSA) is 69.7 Å². The van der Waals surface area contributed by atoms with Crippen LogP contribution < -0.4 is 10.2 Å². The molecule has 6 nitrogen and oxygen atoms in total. The summed E-state index contributed by atoms with van der Waals surface area (Å²) in [5, 5.41) is 13.7. The molecule has 1 saturated heterocycles. The minimum absolute atomic E-state index is 0.593. The van der Waals surface area contributed by atoms with Crippen molar-refractivity contribution in [2.75, 3.05) is 24.5 Å². The third-order valence-corrected chi connectivity index (χ3v) is 5.88. The SMILES string of the molecule is c1cnc(N2CCC[C@H](CNCc3cn[nH]c3-c3cccc4ccccc34)C2)nc1. The Balaban J connectivity index is 1.25. The highest BCUT2D eigenvalue weighted by atomic mass is 15.3. The molecule has 1 fully saturated rings. The number of nitrogens with one attached hydrogen (secondary N) is 2. The maximum atomic E-state index is 4.41. The van der Waals surface area contributed by atoms with E-state index in [1.807, 2.05) is 24.7 Å². The lowest BCUT2D eigenvalue weighted by molar-refractivity contribution is 0.388. The molecule has 1 aliphatic heterocycles. The summed E-state index contributed by atoms with van der Waals surface area (Å²) in [5.41, 5.74) is 3.50. The summed E-state index contributed by atoms with van der Waals surface area (Å²) in [6.07, 6.45) is 7.99. The minimum Gasteiger partial charge on any atom is -0.341 e. The van der Waals surface area contributed by atoms with Crippen LogP contribution in [-0.2, 0) is 6.54 Å². The molecule has 1 atom stereocenters. The van der Waals surface area contributed by atoms with E-state index in [9.17, 15) is 0 Å². The first-order chi connectivity index (χ1) is 14.9. The summed E-state index contributed by atoms with van der Waals surface area (Å²) < 4.78 is 0. The van der Waals surface area contributed by atoms with E-state index in [2.05, 4.69) is 72.8 Å². The molecule has 0 amide bonds. The van der Waals surface area contributed by atoms with Gasteiger partial charge < -0.3 is 10.2 Å². The first-order valence-electron chi connectivity index (χ1n) is 10.6. The maximum absolute atomic E-state index is 4.41. The third-order valence-electron chi connectivity index (χ3n) is 5.88. The number of H-pyrrole nitrogens is 1. The number of rotatable bonds is 6. The molecule has 2 N–H and O–H groups in total. The van der Waals surface area contributed by atoms with Gasteiger partial charge in [-0.05, 0) is 42.1 Å². The van der Waals surface area contributed by atoms with Gasteiger partial charge >= 0.3 is 0 Å². The second-order valence-corrected chi connectivity index (χ2v) is 7.93. The molecule has 30 heavy (non-hydrogen) atoms. The fraction of sp³-hybridized carbons (Fsp3) is 0.292. The van der Waals surface area contributed by atoms with Crippen LogP contribution in [0.2, 0.25) is 0 Å². The number of aromatic nitrogens is 4. The Hall–Kier alpha value is -3.25. The lowest BCUT2D eigenvalue weighted by Crippen LogP contribution is -2.40. The number of piperidine rings is 1. The Kier molecular flexibility index (Phi) is 5.40. The molecule has 3 heterocycles. The van der Waals surface area contributed by atoms with Crippen LogP contribution in [0.4, 0.5) is 5.95 Å². The zero-order valence-corrected chi connectivity index (χ0v) is 17.0. The number of fused-ring (bicyclic) bond motifs is 1. The molecule has 152 valence electrons. The molecule has 2 aromatic heterocycles. The van der Waals surface area contributed by atoms with Gasteiger partial charge in [0.1, 0.15) is 0 Å². The Morgan fingerprint density at radius 3 is 2.83 bits per heavy atom. The number of aromatic amines is 1. The van der Waals surface area contributed by atoms with Crippen molar-refractivity contribution in [3.63, 3.8) is 0 Å². The molecule has 0 unspecified atom stereocenters. The molecule has 0 bridgehead atoms. The lowest BCUT2D eigenvalue weighted by atomic mass is 9.97. The number of anilines is 1. The molecule has 0 aliphatic carbocycles. The van der Waals surface area contributed by atoms with E-state index < -0.39 is 0 Å². The van der Waals surface area contributed by atoms with Crippen LogP contribution in [-0.4, -0.2) is 39.8 Å². The molecule has 0 radical (unpaired) electrons. The van der Waals surface area contributed by atoms with E-state index in [0.717, 1.165) is 37.8 Å². The monoisotopic (exact) mass is 398 g/mol. The predicted molar refractivity (Wildman–Crippen MR) is 120 cm³/mol. The zero-order chi connectivity index (χ0) is 20.2. The second-order valence-electron chi connectivity index (χ2n) is 7.93. The van der Waals surface area contributed by atoms with Crippen LogP contribution in [0.5, 0.6) is 0 Å². The van der Waals surface area contributed by atoms with Crippen LogP contribution in [0, 0.1) is 5.92 Å². The Labute approximate surface area is 176 Å². The highest BCUT2D eigenvalue weighted by Gasteiger charge is 2.21. The Bertz CT molecular complexity index is 1100. The molecule has 4 aromatic rings. The molecule has 0 saturated carbocycles. The van der Waals surface area contributed by atoms with Crippen molar-refractivity contribution in [1.82, 2.24) is 25.5 Å². The largest absolute Gasteiger partial charge is 0.341 e. The van der Waals surface area contributed by atoms with Crippen LogP contribution in [0.1, 0.15) is 18.4 Å². The number of hydrogen-bond acceptors (Lipinski definition) is 5. The summed E-state index contributed by atoms with van der Waals surface area (Å²) in [5.74, 6) is 1.44. The fourth-order valence-electron chi connectivity index (χ4n) is 4.40. The van der Waals surface area contributed by atoms with Gasteiger partial charge in [-0.15, -0.1) is 0 Å². The van der Waals surface area contributed by atoms with Crippen molar-refractivity contribution in [1.29, 1.82) is 0 Å². The van der Waals surface area contributed by atoms with Gasteiger partial charge in [-0.1, -0.05) is 42.5 Å². The van der Waals surface area contributed by atoms with Crippen molar-refractivity contribution in [3.8, 4) is 11.3 Å². The summed E-state index contributed by atoms with van der Waals surface area (Å²) >= 11 is 0. The molecule has 6 heteroatoms. The second kappa shape index (κ2) is 8.63. The van der Waals surface area contributed by atoms with E-state index >= 15 is 0 Å². The van der Waals surface area contributed by atoms with Crippen molar-refractivity contribution in [2.24, 2.45) is 5.92 Å². The summed E-state index contributed by atoms with van der Waals surface area (Å²) in [4.78, 5) is 11.1. The van der Waals surface area contributed by atoms with E-state index in [0.29, 0.717) is 5.92 Å². The van der Waals surface area contributed by atoms with Crippen molar-refractivity contribution < 1.29 is 0 Å². The summed E-state index contributed by atoms with van der Waals surface area (Å²) in [6.45, 7) is 3.81. The van der Waals surface area contributed by atoms with E-state index in [-0.39, 0.29) is 0 Å². The quantitative estimate of drug-likeness (QED) is 0.513. The van der Waals surface area contributed by atoms with Crippen molar-refractivity contribution in [2.45, 2.75) is 19.4 Å². The van der Waals surface area contributed by atoms with E-state index in [4.69, 9.17) is 0 Å². The number of hydrogen-bond donors (Lipinski definition) is 2. The highest BCUT2D eigenvalue weighted by Crippen LogP contribution is 2.29. The van der Waals surface area contributed by atoms with Gasteiger partial charge in [0.25, 0.3) is 0 Å². The Morgan fingerprint density at radius 1 is 1.03 bits per heavy atom. The summed E-state index contributed by atoms with van der Waals surface area (Å²) in [6, 6.07) is 16.8. The molecule has 1 aliphatic rings. The van der Waals surface area contributed by atoms with Crippen LogP contribution in [0.3, 0.4) is 0 Å². The molecular weight excluding hydrogens is 372 g/mol. The standard InChI is InChI=1S/C24H26N6/c1-2-9-21-19(7-1)8-3-10-22(21)23-20(16-28-29-23)15-25-14-18-6-4-13-30(17-18)24-26-11-5-12-27-24/h1-3,5,7-12,16,18,25H,4,6,13-15,17H2,(H,28,29)/t18-/m1/s1. The highest BCUT2D eigenvalue weighted by molar-refractivity contribution is 5.96. The van der Waals surface area contributed by atoms with Crippen LogP contribution in [0.15, 0.2) is 67.1 Å². The molecule has 2 aromatic carbocycles. The lowest BCUT2D eigenvalue weighted by Gasteiger charge is -2.32. The number of nitrogens with zero attached hydrogens (tertiary/aromatic N) is 4. The maximum Gasteiger partial charge on any atom is 0.225 e. The summed E-state index contributed by atoms with van der Waals surface area (Å²) in [7, 11) is 0. The number of benzene rings is 2. The van der Waals surface area contributed by atoms with Gasteiger partial charge in [0, 0.05) is 43.2 Å². The fourth-order valence-corrected chi connectivity index (χ4v) is 4.40. The molecule has 0 spiro atoms. The molecule has 5 rings (SSSR count). The smallest absolute Gasteiger partial charge is 0.225 e. The van der Waals surface area contributed by atoms with E-state index in [1.54, 1.807) is 0 Å². The average Bonchev–Trinajstić information content (AvgIpc) is 3.28. The van der Waals surface area contributed by atoms with Gasteiger partial charge in [0.05, 0.1) is 11.9 Å². The minimum atomic E-state index is 0.593. The zero-order valence-electron chi connectivity index (χ0n) is 17.0. The average molecular weight is 399 g/mol. The van der Waals surface area contributed by atoms with Gasteiger partial charge in [-0.25, -0.2) is 9.97 Å². The predicted octanol–water partition coefficient (Wildman–Crippen LogP) is 4.03. The third kappa shape index (κ3) is 3.91. The van der Waals surface area contributed by atoms with Gasteiger partial charge in [0.2, 0.25) is 5.95 Å². The first-order valence-corrected chi connectivity index (χ1v) is 10.6. The van der Waals surface area contributed by atoms with Gasteiger partial charge in [-0.3, -0.25) is 5.10 Å². The van der Waals surface area contributed by atoms with E-state index in [1.165, 1.54) is 34.7 Å².